The molecule has 0 spiro atoms. The number of carbonyl (C=O) groups is 1. The number of amides is 1. The summed E-state index contributed by atoms with van der Waals surface area (Å²) in [6.45, 7) is 3.17. The molecule has 1 aromatic carbocycles. The largest absolute Gasteiger partial charge is 0.453 e. The van der Waals surface area contributed by atoms with Crippen molar-refractivity contribution in [2.75, 3.05) is 13.7 Å². The maximum atomic E-state index is 13.7. The van der Waals surface area contributed by atoms with Gasteiger partial charge in [-0.1, -0.05) is 0 Å². The van der Waals surface area contributed by atoms with E-state index in [1.165, 1.54) is 32.1 Å². The molecule has 1 unspecified atom stereocenters. The van der Waals surface area contributed by atoms with Gasteiger partial charge in [0.1, 0.15) is 5.82 Å². The number of hydrogen-bond acceptors (Lipinski definition) is 4. The minimum Gasteiger partial charge on any atom is -0.453 e. The molecule has 1 amide bonds. The van der Waals surface area contributed by atoms with Gasteiger partial charge in [-0.15, -0.1) is 0 Å². The smallest absolute Gasteiger partial charge is 0.406 e. The number of aromatic nitrogens is 2. The molecule has 24 heavy (non-hydrogen) atoms. The quantitative estimate of drug-likeness (QED) is 0.764. The number of nitrogens with one attached hydrogen (secondary N) is 2. The molecule has 1 fully saturated rings. The molecule has 2 aromatic rings. The zero-order valence-corrected chi connectivity index (χ0v) is 14.0. The van der Waals surface area contributed by atoms with Gasteiger partial charge in [0.05, 0.1) is 18.3 Å². The van der Waals surface area contributed by atoms with Gasteiger partial charge in [0.2, 0.25) is 0 Å². The van der Waals surface area contributed by atoms with Gasteiger partial charge in [-0.3, -0.25) is 4.68 Å². The van der Waals surface area contributed by atoms with Crippen molar-refractivity contribution in [3.05, 3.63) is 29.7 Å². The number of aryl methyl sites for hydroxylation is 1. The van der Waals surface area contributed by atoms with Crippen LogP contribution in [0.25, 0.3) is 10.9 Å². The molecule has 1 heterocycles. The van der Waals surface area contributed by atoms with Crippen molar-refractivity contribution in [3.63, 3.8) is 0 Å². The van der Waals surface area contributed by atoms with Crippen LogP contribution in [-0.2, 0) is 11.3 Å². The fourth-order valence-electron chi connectivity index (χ4n) is 2.84. The van der Waals surface area contributed by atoms with Gasteiger partial charge in [0.15, 0.2) is 0 Å². The number of rotatable bonds is 7. The minimum atomic E-state index is -0.450. The summed E-state index contributed by atoms with van der Waals surface area (Å²) in [6, 6.07) is 5.48. The van der Waals surface area contributed by atoms with Crippen molar-refractivity contribution < 1.29 is 13.9 Å². The van der Waals surface area contributed by atoms with Crippen molar-refractivity contribution in [3.8, 4) is 0 Å². The number of methoxy groups -OCH3 is 1. The number of benzene rings is 1. The maximum absolute atomic E-state index is 13.7. The van der Waals surface area contributed by atoms with Gasteiger partial charge >= 0.3 is 6.09 Å². The molecule has 1 aromatic heterocycles. The Kier molecular flexibility index (Phi) is 4.99. The van der Waals surface area contributed by atoms with E-state index < -0.39 is 6.09 Å². The van der Waals surface area contributed by atoms with E-state index in [2.05, 4.69) is 22.3 Å². The molecule has 130 valence electrons. The average molecular weight is 334 g/mol. The third kappa shape index (κ3) is 3.84. The first-order valence-electron chi connectivity index (χ1n) is 8.32. The summed E-state index contributed by atoms with van der Waals surface area (Å²) in [5, 5.41) is 11.8. The van der Waals surface area contributed by atoms with Crippen LogP contribution >= 0.6 is 0 Å². The van der Waals surface area contributed by atoms with E-state index in [0.29, 0.717) is 25.6 Å². The molecule has 6 nitrogen and oxygen atoms in total. The predicted octanol–water partition coefficient (Wildman–Crippen LogP) is 2.73. The van der Waals surface area contributed by atoms with Crippen LogP contribution in [0.15, 0.2) is 18.2 Å². The Morgan fingerprint density at radius 2 is 2.29 bits per heavy atom. The second-order valence-electron chi connectivity index (χ2n) is 6.20. The van der Waals surface area contributed by atoms with Gasteiger partial charge in [-0.25, -0.2) is 9.18 Å². The highest BCUT2D eigenvalue weighted by Crippen LogP contribution is 2.28. The van der Waals surface area contributed by atoms with Crippen LogP contribution in [0.3, 0.4) is 0 Å². The molecule has 0 radical (unpaired) electrons. The predicted molar refractivity (Wildman–Crippen MR) is 89.3 cm³/mol. The van der Waals surface area contributed by atoms with Gasteiger partial charge in [0, 0.05) is 30.6 Å². The van der Waals surface area contributed by atoms with Crippen LogP contribution in [0, 0.1) is 5.82 Å². The van der Waals surface area contributed by atoms with E-state index >= 15 is 0 Å². The van der Waals surface area contributed by atoms with Crippen LogP contribution in [0.2, 0.25) is 0 Å². The first-order chi connectivity index (χ1) is 11.6. The molecule has 7 heteroatoms. The molecular formula is C17H23FN4O2. The number of hydrogen-bond donors (Lipinski definition) is 2. The Balaban J connectivity index is 1.75. The first kappa shape index (κ1) is 16.7. The van der Waals surface area contributed by atoms with Crippen molar-refractivity contribution in [2.24, 2.45) is 0 Å². The Hall–Kier alpha value is -2.15. The summed E-state index contributed by atoms with van der Waals surface area (Å²) in [6.07, 6.45) is 2.65. The second kappa shape index (κ2) is 7.17. The molecule has 3 rings (SSSR count). The monoisotopic (exact) mass is 334 g/mol. The zero-order valence-electron chi connectivity index (χ0n) is 14.0. The van der Waals surface area contributed by atoms with Crippen molar-refractivity contribution in [2.45, 2.75) is 44.8 Å². The molecule has 1 atom stereocenters. The molecule has 0 aliphatic heterocycles. The minimum absolute atomic E-state index is 0.125. The number of halogens is 1. The molecule has 1 aliphatic carbocycles. The Labute approximate surface area is 140 Å². The lowest BCUT2D eigenvalue weighted by atomic mass is 10.1. The molecule has 1 saturated carbocycles. The fraction of sp³-hybridized carbons (Fsp3) is 0.529. The molecular weight excluding hydrogens is 311 g/mol. The van der Waals surface area contributed by atoms with Crippen molar-refractivity contribution >= 4 is 17.0 Å². The lowest BCUT2D eigenvalue weighted by Gasteiger charge is -2.10. The second-order valence-corrected chi connectivity index (χ2v) is 6.20. The Morgan fingerprint density at radius 1 is 1.50 bits per heavy atom. The topological polar surface area (TPSA) is 68.2 Å². The standard InChI is InChI=1S/C17H23FN4O2/c1-11(20-13-5-6-13)16-14-7-4-12(18)10-15(14)22(21-16)9-3-8-19-17(23)24-2/h4,7,10-11,13,20H,3,5-6,8-9H2,1-2H3,(H,19,23). The molecule has 0 bridgehead atoms. The average Bonchev–Trinajstić information content (AvgIpc) is 3.31. The highest BCUT2D eigenvalue weighted by molar-refractivity contribution is 5.82. The summed E-state index contributed by atoms with van der Waals surface area (Å²) < 4.78 is 20.0. The number of ether oxygens (including phenoxy) is 1. The normalized spacial score (nSPS) is 15.5. The fourth-order valence-corrected chi connectivity index (χ4v) is 2.84. The van der Waals surface area contributed by atoms with Gasteiger partial charge in [-0.05, 0) is 44.4 Å². The maximum Gasteiger partial charge on any atom is 0.406 e. The number of carbonyl (C=O) groups excluding carboxylic acids is 1. The summed E-state index contributed by atoms with van der Waals surface area (Å²) in [5.41, 5.74) is 1.73. The highest BCUT2D eigenvalue weighted by atomic mass is 19.1. The molecule has 2 N–H and O–H groups in total. The Bertz CT molecular complexity index is 727. The summed E-state index contributed by atoms with van der Waals surface area (Å²) >= 11 is 0. The number of nitrogens with zero attached hydrogens (tertiary/aromatic N) is 2. The number of fused-ring (bicyclic) bond motifs is 1. The van der Waals surface area contributed by atoms with E-state index in [1.54, 1.807) is 6.07 Å². The molecule has 0 saturated heterocycles. The van der Waals surface area contributed by atoms with E-state index in [-0.39, 0.29) is 11.9 Å². The first-order valence-corrected chi connectivity index (χ1v) is 8.32. The third-order valence-corrected chi connectivity index (χ3v) is 4.22. The summed E-state index contributed by atoms with van der Waals surface area (Å²) in [7, 11) is 1.33. The SMILES string of the molecule is COC(=O)NCCCn1nc(C(C)NC2CC2)c2ccc(F)cc21. The van der Waals surface area contributed by atoms with Gasteiger partial charge < -0.3 is 15.4 Å². The van der Waals surface area contributed by atoms with Crippen LogP contribution < -0.4 is 10.6 Å². The van der Waals surface area contributed by atoms with Crippen LogP contribution in [-0.4, -0.2) is 35.6 Å². The van der Waals surface area contributed by atoms with Crippen molar-refractivity contribution in [1.29, 1.82) is 0 Å². The van der Waals surface area contributed by atoms with Gasteiger partial charge in [0.25, 0.3) is 0 Å². The zero-order chi connectivity index (χ0) is 17.1. The molecule has 1 aliphatic rings. The van der Waals surface area contributed by atoms with Crippen LogP contribution in [0.1, 0.15) is 37.9 Å². The van der Waals surface area contributed by atoms with E-state index in [9.17, 15) is 9.18 Å². The number of alkyl carbamates (subject to hydrolysis) is 1. The van der Waals surface area contributed by atoms with E-state index in [4.69, 9.17) is 5.10 Å². The third-order valence-electron chi connectivity index (χ3n) is 4.22. The lowest BCUT2D eigenvalue weighted by Crippen LogP contribution is -2.25. The van der Waals surface area contributed by atoms with Gasteiger partial charge in [-0.2, -0.15) is 5.10 Å². The van der Waals surface area contributed by atoms with Crippen molar-refractivity contribution in [1.82, 2.24) is 20.4 Å². The summed E-state index contributed by atoms with van der Waals surface area (Å²) in [5.74, 6) is -0.273. The van der Waals surface area contributed by atoms with E-state index in [0.717, 1.165) is 16.6 Å². The summed E-state index contributed by atoms with van der Waals surface area (Å²) in [4.78, 5) is 11.1. The lowest BCUT2D eigenvalue weighted by molar-refractivity contribution is 0.170. The van der Waals surface area contributed by atoms with E-state index in [1.807, 2.05) is 4.68 Å². The Morgan fingerprint density at radius 3 is 3.00 bits per heavy atom. The van der Waals surface area contributed by atoms with Crippen LogP contribution in [0.5, 0.6) is 0 Å². The highest BCUT2D eigenvalue weighted by Gasteiger charge is 2.25. The van der Waals surface area contributed by atoms with Crippen LogP contribution in [0.4, 0.5) is 9.18 Å².